The Hall–Kier alpha value is -1.93. The normalized spacial score (nSPS) is 12.6. The van der Waals surface area contributed by atoms with Crippen molar-refractivity contribution in [3.05, 3.63) is 35.9 Å². The molecule has 1 atom stereocenters. The summed E-state index contributed by atoms with van der Waals surface area (Å²) in [5, 5.41) is 9.13. The van der Waals surface area contributed by atoms with E-state index in [1.165, 1.54) is 12.1 Å². The minimum absolute atomic E-state index is 0.161. The molecule has 0 aromatic heterocycles. The van der Waals surface area contributed by atoms with Gasteiger partial charge < -0.3 is 9.84 Å². The minimum atomic E-state index is -3.92. The van der Waals surface area contributed by atoms with Crippen LogP contribution in [0.25, 0.3) is 0 Å². The number of hydrogen-bond acceptors (Lipinski definition) is 5. The minimum Gasteiger partial charge on any atom is -0.480 e. The van der Waals surface area contributed by atoms with Gasteiger partial charge in [-0.3, -0.25) is 9.59 Å². The molecule has 0 unspecified atom stereocenters. The standard InChI is InChI=1S/C13H17NO6S/c1-2-20-11(15)8-9-21(18,19)14-12(13(16)17)10-6-4-3-5-7-10/h3-7,12,14H,2,8-9H2,1H3,(H,16,17)/t12-/m0/s1. The van der Waals surface area contributed by atoms with Crippen LogP contribution in [0.2, 0.25) is 0 Å². The molecule has 7 nitrogen and oxygen atoms in total. The molecular weight excluding hydrogens is 298 g/mol. The first-order valence-corrected chi connectivity index (χ1v) is 7.94. The number of nitrogens with one attached hydrogen (secondary N) is 1. The van der Waals surface area contributed by atoms with Crippen molar-refractivity contribution in [2.24, 2.45) is 0 Å². The lowest BCUT2D eigenvalue weighted by atomic mass is 10.1. The van der Waals surface area contributed by atoms with Crippen LogP contribution < -0.4 is 4.72 Å². The van der Waals surface area contributed by atoms with Gasteiger partial charge in [0, 0.05) is 0 Å². The van der Waals surface area contributed by atoms with Crippen molar-refractivity contribution in [2.45, 2.75) is 19.4 Å². The highest BCUT2D eigenvalue weighted by molar-refractivity contribution is 7.89. The van der Waals surface area contributed by atoms with Crippen LogP contribution in [0.1, 0.15) is 24.9 Å². The summed E-state index contributed by atoms with van der Waals surface area (Å²) in [5.41, 5.74) is 0.310. The van der Waals surface area contributed by atoms with Gasteiger partial charge in [0.15, 0.2) is 0 Å². The van der Waals surface area contributed by atoms with Crippen LogP contribution in [0.5, 0.6) is 0 Å². The Balaban J connectivity index is 2.75. The van der Waals surface area contributed by atoms with Crippen molar-refractivity contribution in [1.29, 1.82) is 0 Å². The zero-order chi connectivity index (χ0) is 15.9. The predicted octanol–water partition coefficient (Wildman–Crippen LogP) is 0.685. The highest BCUT2D eigenvalue weighted by Crippen LogP contribution is 2.14. The number of benzene rings is 1. The first kappa shape index (κ1) is 17.1. The van der Waals surface area contributed by atoms with Crippen LogP contribution in [0, 0.1) is 0 Å². The Bertz CT molecular complexity index is 584. The fraction of sp³-hybridized carbons (Fsp3) is 0.385. The van der Waals surface area contributed by atoms with Gasteiger partial charge in [-0.05, 0) is 12.5 Å². The van der Waals surface area contributed by atoms with Gasteiger partial charge in [0.05, 0.1) is 18.8 Å². The lowest BCUT2D eigenvalue weighted by Crippen LogP contribution is -2.35. The summed E-state index contributed by atoms with van der Waals surface area (Å²) in [4.78, 5) is 22.3. The molecule has 8 heteroatoms. The molecule has 116 valence electrons. The second-order valence-electron chi connectivity index (χ2n) is 4.17. The topological polar surface area (TPSA) is 110 Å². The fourth-order valence-electron chi connectivity index (χ4n) is 1.60. The first-order chi connectivity index (χ1) is 9.85. The van der Waals surface area contributed by atoms with Crippen molar-refractivity contribution in [1.82, 2.24) is 4.72 Å². The average Bonchev–Trinajstić information content (AvgIpc) is 2.44. The van der Waals surface area contributed by atoms with E-state index in [2.05, 4.69) is 9.46 Å². The largest absolute Gasteiger partial charge is 0.480 e. The van der Waals surface area contributed by atoms with Crippen molar-refractivity contribution in [3.8, 4) is 0 Å². The summed E-state index contributed by atoms with van der Waals surface area (Å²) in [6, 6.07) is 6.53. The van der Waals surface area contributed by atoms with E-state index in [4.69, 9.17) is 5.11 Å². The lowest BCUT2D eigenvalue weighted by molar-refractivity contribution is -0.142. The van der Waals surface area contributed by atoms with E-state index in [1.807, 2.05) is 0 Å². The molecule has 0 bridgehead atoms. The molecule has 0 radical (unpaired) electrons. The Labute approximate surface area is 123 Å². The number of sulfonamides is 1. The Morgan fingerprint density at radius 2 is 1.90 bits per heavy atom. The van der Waals surface area contributed by atoms with Gasteiger partial charge in [-0.1, -0.05) is 30.3 Å². The molecule has 0 saturated heterocycles. The second-order valence-corrected chi connectivity index (χ2v) is 6.05. The molecular formula is C13H17NO6S. The van der Waals surface area contributed by atoms with Gasteiger partial charge >= 0.3 is 11.9 Å². The molecule has 1 aromatic rings. The third-order valence-corrected chi connectivity index (χ3v) is 3.89. The molecule has 21 heavy (non-hydrogen) atoms. The Kier molecular flexibility index (Phi) is 6.32. The number of carbonyl (C=O) groups excluding carboxylic acids is 1. The maximum Gasteiger partial charge on any atom is 0.326 e. The number of carboxylic acids is 1. The van der Waals surface area contributed by atoms with Crippen molar-refractivity contribution in [2.75, 3.05) is 12.4 Å². The van der Waals surface area contributed by atoms with E-state index in [0.717, 1.165) is 0 Å². The van der Waals surface area contributed by atoms with Crippen LogP contribution in [-0.2, 0) is 24.3 Å². The highest BCUT2D eigenvalue weighted by Gasteiger charge is 2.26. The number of carbonyl (C=O) groups is 2. The molecule has 1 rings (SSSR count). The Morgan fingerprint density at radius 3 is 2.43 bits per heavy atom. The predicted molar refractivity (Wildman–Crippen MR) is 75.0 cm³/mol. The fourth-order valence-corrected chi connectivity index (χ4v) is 2.75. The van der Waals surface area contributed by atoms with E-state index in [9.17, 15) is 18.0 Å². The molecule has 0 heterocycles. The zero-order valence-corrected chi connectivity index (χ0v) is 12.3. The van der Waals surface area contributed by atoms with Crippen LogP contribution in [-0.4, -0.2) is 37.8 Å². The SMILES string of the molecule is CCOC(=O)CCS(=O)(=O)N[C@H](C(=O)O)c1ccccc1. The van der Waals surface area contributed by atoms with E-state index >= 15 is 0 Å². The molecule has 1 aromatic carbocycles. The summed E-state index contributed by atoms with van der Waals surface area (Å²) < 4.78 is 30.4. The second kappa shape index (κ2) is 7.75. The molecule has 2 N–H and O–H groups in total. The van der Waals surface area contributed by atoms with Gasteiger partial charge in [-0.15, -0.1) is 0 Å². The first-order valence-electron chi connectivity index (χ1n) is 6.29. The van der Waals surface area contributed by atoms with Crippen LogP contribution in [0.15, 0.2) is 30.3 Å². The molecule has 0 aliphatic rings. The molecule has 0 spiro atoms. The smallest absolute Gasteiger partial charge is 0.326 e. The van der Waals surface area contributed by atoms with Crippen molar-refractivity contribution < 1.29 is 27.9 Å². The molecule has 0 aliphatic carbocycles. The zero-order valence-electron chi connectivity index (χ0n) is 11.5. The van der Waals surface area contributed by atoms with Gasteiger partial charge in [0.2, 0.25) is 10.0 Å². The average molecular weight is 315 g/mol. The molecule has 0 fully saturated rings. The number of esters is 1. The number of hydrogen-bond donors (Lipinski definition) is 2. The van der Waals surface area contributed by atoms with Crippen molar-refractivity contribution in [3.63, 3.8) is 0 Å². The van der Waals surface area contributed by atoms with Crippen LogP contribution >= 0.6 is 0 Å². The lowest BCUT2D eigenvalue weighted by Gasteiger charge is -2.14. The molecule has 0 amide bonds. The van der Waals surface area contributed by atoms with Gasteiger partial charge in [0.25, 0.3) is 0 Å². The summed E-state index contributed by atoms with van der Waals surface area (Å²) in [6.07, 6.45) is -0.329. The molecule has 0 aliphatic heterocycles. The van der Waals surface area contributed by atoms with E-state index < -0.39 is 33.8 Å². The number of carboxylic acid groups (broad SMARTS) is 1. The van der Waals surface area contributed by atoms with E-state index in [0.29, 0.717) is 5.56 Å². The highest BCUT2D eigenvalue weighted by atomic mass is 32.2. The van der Waals surface area contributed by atoms with Crippen LogP contribution in [0.3, 0.4) is 0 Å². The van der Waals surface area contributed by atoms with Gasteiger partial charge in [-0.25, -0.2) is 8.42 Å². The van der Waals surface area contributed by atoms with Gasteiger partial charge in [-0.2, -0.15) is 4.72 Å². The maximum atomic E-state index is 11.8. The van der Waals surface area contributed by atoms with E-state index in [-0.39, 0.29) is 13.0 Å². The monoisotopic (exact) mass is 315 g/mol. The van der Waals surface area contributed by atoms with Gasteiger partial charge in [0.1, 0.15) is 6.04 Å². The summed E-state index contributed by atoms with van der Waals surface area (Å²) in [7, 11) is -3.92. The molecule has 0 saturated carbocycles. The summed E-state index contributed by atoms with van der Waals surface area (Å²) >= 11 is 0. The van der Waals surface area contributed by atoms with Crippen molar-refractivity contribution >= 4 is 22.0 Å². The Morgan fingerprint density at radius 1 is 1.29 bits per heavy atom. The summed E-state index contributed by atoms with van der Waals surface area (Å²) in [6.45, 7) is 1.77. The van der Waals surface area contributed by atoms with E-state index in [1.54, 1.807) is 25.1 Å². The number of rotatable bonds is 8. The quantitative estimate of drug-likeness (QED) is 0.683. The maximum absolute atomic E-state index is 11.8. The summed E-state index contributed by atoms with van der Waals surface area (Å²) in [5.74, 6) is -2.49. The number of ether oxygens (including phenoxy) is 1. The van der Waals surface area contributed by atoms with Crippen LogP contribution in [0.4, 0.5) is 0 Å². The third kappa shape index (κ3) is 5.92. The third-order valence-electron chi connectivity index (χ3n) is 2.56. The number of aliphatic carboxylic acids is 1.